The van der Waals surface area contributed by atoms with Gasteiger partial charge in [-0.15, -0.1) is 0 Å². The van der Waals surface area contributed by atoms with Gasteiger partial charge in [0.25, 0.3) is 0 Å². The summed E-state index contributed by atoms with van der Waals surface area (Å²) in [5, 5.41) is 13.6. The second-order valence-electron chi connectivity index (χ2n) is 15.4. The van der Waals surface area contributed by atoms with E-state index in [1.807, 2.05) is 45.2 Å². The largest absolute Gasteiger partial charge is 0.512 e. The summed E-state index contributed by atoms with van der Waals surface area (Å²) in [5.74, 6) is 6.09. The zero-order valence-electron chi connectivity index (χ0n) is 32.6. The molecular weight excluding hydrogens is 883 g/mol. The Balaban J connectivity index is 0.000000374. The Kier molecular flexibility index (Phi) is 15.5. The number of rotatable bonds is 11. The van der Waals surface area contributed by atoms with Crippen molar-refractivity contribution in [3.05, 3.63) is 102 Å². The zero-order valence-corrected chi connectivity index (χ0v) is 37.9. The van der Waals surface area contributed by atoms with Crippen LogP contribution in [0.5, 0.6) is 0 Å². The predicted octanol–water partition coefficient (Wildman–Crippen LogP) is 12.0. The van der Waals surface area contributed by atoms with Gasteiger partial charge in [-0.1, -0.05) is 27.7 Å². The first-order valence-corrected chi connectivity index (χ1v) is 25.7. The van der Waals surface area contributed by atoms with Crippen LogP contribution in [0, 0.1) is 17.9 Å². The van der Waals surface area contributed by atoms with Crippen molar-refractivity contribution in [1.82, 2.24) is 4.98 Å². The van der Waals surface area contributed by atoms with Crippen LogP contribution in [0.3, 0.4) is 0 Å². The van der Waals surface area contributed by atoms with E-state index in [1.54, 1.807) is 3.71 Å². The van der Waals surface area contributed by atoms with E-state index in [9.17, 15) is 9.90 Å². The molecule has 0 saturated heterocycles. The number of carbonyl (C=O) groups is 1. The average Bonchev–Trinajstić information content (AvgIpc) is 3.50. The van der Waals surface area contributed by atoms with Crippen LogP contribution in [0.4, 0.5) is 0 Å². The Morgan fingerprint density at radius 2 is 1.47 bits per heavy atom. The number of aliphatic hydroxyl groups is 1. The minimum Gasteiger partial charge on any atom is -0.512 e. The van der Waals surface area contributed by atoms with E-state index in [1.165, 1.54) is 37.1 Å². The molecule has 0 aliphatic rings. The van der Waals surface area contributed by atoms with Crippen molar-refractivity contribution in [3.8, 4) is 11.3 Å². The van der Waals surface area contributed by atoms with Gasteiger partial charge in [-0.25, -0.2) is 0 Å². The maximum Gasteiger partial charge on any atom is 0.162 e. The monoisotopic (exact) mass is 943 g/mol. The number of hydrogen-bond acceptors (Lipinski definition) is 4. The minimum atomic E-state index is -2.50. The normalized spacial score (nSPS) is 12.4. The number of aromatic nitrogens is 1. The average molecular weight is 942 g/mol. The molecule has 5 aromatic rings. The molecule has 0 fully saturated rings. The van der Waals surface area contributed by atoms with Crippen LogP contribution >= 0.6 is 11.3 Å². The fourth-order valence-corrected chi connectivity index (χ4v) is 16.3. The summed E-state index contributed by atoms with van der Waals surface area (Å²) in [4.78, 5) is 16.7. The smallest absolute Gasteiger partial charge is 0.162 e. The summed E-state index contributed by atoms with van der Waals surface area (Å²) in [7, 11) is 0. The summed E-state index contributed by atoms with van der Waals surface area (Å²) in [6.07, 6.45) is 6.91. The summed E-state index contributed by atoms with van der Waals surface area (Å²) < 4.78 is 4.46. The first kappa shape index (κ1) is 42.8. The number of hydrogen-bond donors (Lipinski definition) is 1. The standard InChI is InChI=1S/C32H34GeNS.C13H24O2.Ir/c1-21(2)28-26-17-18-34-29(30(26)35-31(28)33(6,7)24-14-9-8-10-15-24)23-19-22-13-11-12-16-25(22)27(20-23)32(3,4)5;1-5-10(6-2)12(14)9-13(15)11(7-3)8-4;/h8-18,20-21H,1-7H3;9-11,14H,5-8H2,1-4H3;/q-1;;/b;12-9-;. The fraction of sp³-hybridized carbons (Fsp3) is 0.422. The van der Waals surface area contributed by atoms with Crippen LogP contribution in [0.25, 0.3) is 32.1 Å². The maximum atomic E-state index is 11.7. The van der Waals surface area contributed by atoms with Gasteiger partial charge in [-0.3, -0.25) is 4.79 Å². The topological polar surface area (TPSA) is 50.2 Å². The molecule has 1 N–H and O–H groups in total. The molecule has 1 radical (unpaired) electrons. The molecule has 0 amide bonds. The SMILES string of the molecule is CC(C)c1[c]([Ge]([CH3])([CH3])[c]2ccccc2)sc2c(-c3[c-]c4ccccc4c(C(C)(C)C)c3)nccc12.CCC(CC)C(=O)/C=C(\O)C(CC)CC.[Ir]. The number of benzene rings is 3. The number of aliphatic hydroxyl groups excluding tert-OH is 1. The number of ketones is 1. The van der Waals surface area contributed by atoms with Crippen molar-refractivity contribution >= 4 is 59.4 Å². The molecule has 3 nitrogen and oxygen atoms in total. The van der Waals surface area contributed by atoms with Gasteiger partial charge in [0, 0.05) is 38.0 Å². The van der Waals surface area contributed by atoms with E-state index in [0.29, 0.717) is 5.92 Å². The molecule has 5 rings (SSSR count). The maximum absolute atomic E-state index is 11.7. The number of thiophene rings is 1. The van der Waals surface area contributed by atoms with Crippen LogP contribution in [0.1, 0.15) is 105 Å². The van der Waals surface area contributed by atoms with E-state index in [2.05, 4.69) is 119 Å². The second-order valence-corrected chi connectivity index (χ2v) is 26.3. The van der Waals surface area contributed by atoms with Crippen molar-refractivity contribution in [1.29, 1.82) is 0 Å². The molecule has 0 aliphatic carbocycles. The molecule has 0 unspecified atom stereocenters. The van der Waals surface area contributed by atoms with Gasteiger partial charge in [0.05, 0.1) is 5.76 Å². The zero-order chi connectivity index (χ0) is 36.8. The fourth-order valence-electron chi connectivity index (χ4n) is 7.02. The minimum absolute atomic E-state index is 0. The van der Waals surface area contributed by atoms with Crippen molar-refractivity contribution in [2.24, 2.45) is 11.8 Å². The summed E-state index contributed by atoms with van der Waals surface area (Å²) >= 11 is -0.502. The Morgan fingerprint density at radius 3 is 2.04 bits per heavy atom. The third-order valence-corrected chi connectivity index (χ3v) is 21.2. The van der Waals surface area contributed by atoms with Gasteiger partial charge in [-0.05, 0) is 25.7 Å². The summed E-state index contributed by atoms with van der Waals surface area (Å²) in [6, 6.07) is 28.1. The van der Waals surface area contributed by atoms with E-state index < -0.39 is 13.3 Å². The van der Waals surface area contributed by atoms with E-state index in [0.717, 1.165) is 42.3 Å². The molecule has 0 aliphatic heterocycles. The molecule has 51 heavy (non-hydrogen) atoms. The van der Waals surface area contributed by atoms with Crippen molar-refractivity contribution in [2.45, 2.75) is 111 Å². The summed E-state index contributed by atoms with van der Waals surface area (Å²) in [6.45, 7) is 19.6. The van der Waals surface area contributed by atoms with Crippen LogP contribution < -0.4 is 8.11 Å². The van der Waals surface area contributed by atoms with Crippen molar-refractivity contribution < 1.29 is 30.0 Å². The molecule has 275 valence electrons. The van der Waals surface area contributed by atoms with E-state index in [4.69, 9.17) is 4.98 Å². The molecule has 0 saturated carbocycles. The molecule has 0 spiro atoms. The summed E-state index contributed by atoms with van der Waals surface area (Å²) in [5.41, 5.74) is 5.09. The molecule has 2 heterocycles. The Labute approximate surface area is 328 Å². The molecule has 0 atom stereocenters. The van der Waals surface area contributed by atoms with Crippen molar-refractivity contribution in [3.63, 3.8) is 0 Å². The number of fused-ring (bicyclic) bond motifs is 2. The number of pyridine rings is 1. The first-order valence-electron chi connectivity index (χ1n) is 18.6. The third kappa shape index (κ3) is 9.71. The molecule has 2 aromatic heterocycles. The molecular formula is C45H58GeIrNO2S-. The van der Waals surface area contributed by atoms with E-state index in [-0.39, 0.29) is 48.9 Å². The number of carbonyl (C=O) groups excluding carboxylic acids is 1. The Hall–Kier alpha value is -2.57. The molecule has 3 aromatic carbocycles. The quantitative estimate of drug-likeness (QED) is 0.0621. The number of allylic oxidation sites excluding steroid dienone is 2. The number of nitrogens with zero attached hydrogens (tertiary/aromatic N) is 1. The Morgan fingerprint density at radius 1 is 0.882 bits per heavy atom. The van der Waals surface area contributed by atoms with Crippen LogP contribution in [-0.4, -0.2) is 29.1 Å². The van der Waals surface area contributed by atoms with Gasteiger partial charge in [0.1, 0.15) is 0 Å². The van der Waals surface area contributed by atoms with Crippen molar-refractivity contribution in [2.75, 3.05) is 0 Å². The van der Waals surface area contributed by atoms with E-state index >= 15 is 0 Å². The third-order valence-electron chi connectivity index (χ3n) is 10.2. The van der Waals surface area contributed by atoms with Crippen LogP contribution in [-0.2, 0) is 30.3 Å². The van der Waals surface area contributed by atoms with Crippen LogP contribution in [0.15, 0.2) is 84.8 Å². The molecule has 0 bridgehead atoms. The predicted molar refractivity (Wildman–Crippen MR) is 221 cm³/mol. The second kappa shape index (κ2) is 18.5. The van der Waals surface area contributed by atoms with Crippen LogP contribution in [0.2, 0.25) is 11.5 Å². The Bertz CT molecular complexity index is 1930. The van der Waals surface area contributed by atoms with Gasteiger partial charge in [0.2, 0.25) is 0 Å². The van der Waals surface area contributed by atoms with Gasteiger partial charge >= 0.3 is 217 Å². The van der Waals surface area contributed by atoms with Gasteiger partial charge in [-0.2, -0.15) is 0 Å². The van der Waals surface area contributed by atoms with Gasteiger partial charge < -0.3 is 5.11 Å². The molecule has 6 heteroatoms. The van der Waals surface area contributed by atoms with Gasteiger partial charge in [0.15, 0.2) is 5.78 Å². The first-order chi connectivity index (χ1) is 23.7.